The molecule has 5 nitrogen and oxygen atoms in total. The highest BCUT2D eigenvalue weighted by molar-refractivity contribution is 5.96. The van der Waals surface area contributed by atoms with Crippen LogP contribution in [0.5, 0.6) is 0 Å². The third kappa shape index (κ3) is 2.17. The van der Waals surface area contributed by atoms with Gasteiger partial charge >= 0.3 is 0 Å². The number of H-pyrrole nitrogens is 1. The number of nitrogens with zero attached hydrogens (tertiary/aromatic N) is 2. The summed E-state index contributed by atoms with van der Waals surface area (Å²) in [7, 11) is 0. The summed E-state index contributed by atoms with van der Waals surface area (Å²) in [6.45, 7) is 4.05. The molecule has 0 spiro atoms. The van der Waals surface area contributed by atoms with E-state index in [9.17, 15) is 9.18 Å². The van der Waals surface area contributed by atoms with Crippen molar-refractivity contribution in [3.63, 3.8) is 0 Å². The van der Waals surface area contributed by atoms with Crippen molar-refractivity contribution in [1.82, 2.24) is 20.3 Å². The molecule has 6 heteroatoms. The molecule has 20 heavy (non-hydrogen) atoms. The number of carbonyl (C=O) groups excluding carboxylic acids is 1. The van der Waals surface area contributed by atoms with Gasteiger partial charge in [-0.05, 0) is 19.9 Å². The summed E-state index contributed by atoms with van der Waals surface area (Å²) in [5.41, 5.74) is 4.06. The topological polar surface area (TPSA) is 70.7 Å². The second-order valence-corrected chi connectivity index (χ2v) is 5.00. The first kappa shape index (κ1) is 12.8. The van der Waals surface area contributed by atoms with Crippen molar-refractivity contribution in [2.24, 2.45) is 0 Å². The summed E-state index contributed by atoms with van der Waals surface area (Å²) in [5.74, 6) is -0.605. The highest BCUT2D eigenvalue weighted by atomic mass is 19.1. The number of hydrogen-bond donors (Lipinski definition) is 2. The van der Waals surface area contributed by atoms with Gasteiger partial charge in [0, 0.05) is 30.8 Å². The molecule has 104 valence electrons. The van der Waals surface area contributed by atoms with Gasteiger partial charge in [0.25, 0.3) is 5.91 Å². The second kappa shape index (κ2) is 4.70. The number of carbonyl (C=O) groups is 1. The number of rotatable bonds is 2. The maximum atomic E-state index is 13.5. The molecular weight excluding hydrogens is 259 g/mol. The van der Waals surface area contributed by atoms with Crippen LogP contribution in [0.1, 0.15) is 38.8 Å². The smallest absolute Gasteiger partial charge is 0.253 e. The Morgan fingerprint density at radius 2 is 2.10 bits per heavy atom. The Morgan fingerprint density at radius 3 is 2.85 bits per heavy atom. The zero-order chi connectivity index (χ0) is 14.3. The van der Waals surface area contributed by atoms with E-state index in [0.717, 1.165) is 17.8 Å². The molecular formula is C14H15FN4O. The van der Waals surface area contributed by atoms with Gasteiger partial charge in [0.2, 0.25) is 5.95 Å². The molecule has 2 N–H and O–H groups in total. The van der Waals surface area contributed by atoms with Crippen molar-refractivity contribution < 1.29 is 9.18 Å². The number of hydrogen-bond acceptors (Lipinski definition) is 3. The van der Waals surface area contributed by atoms with E-state index >= 15 is 0 Å². The first-order chi connectivity index (χ1) is 9.54. The minimum atomic E-state index is -0.542. The van der Waals surface area contributed by atoms with Crippen molar-refractivity contribution in [2.75, 3.05) is 6.54 Å². The van der Waals surface area contributed by atoms with Crippen LogP contribution in [0.25, 0.3) is 0 Å². The van der Waals surface area contributed by atoms with E-state index in [1.54, 1.807) is 6.92 Å². The van der Waals surface area contributed by atoms with Gasteiger partial charge in [0.15, 0.2) is 0 Å². The Labute approximate surface area is 115 Å². The Hall–Kier alpha value is -2.24. The summed E-state index contributed by atoms with van der Waals surface area (Å²) >= 11 is 0. The lowest BCUT2D eigenvalue weighted by molar-refractivity contribution is 0.0946. The molecule has 2 aromatic heterocycles. The number of halogens is 1. The maximum absolute atomic E-state index is 13.5. The quantitative estimate of drug-likeness (QED) is 0.870. The van der Waals surface area contributed by atoms with Gasteiger partial charge in [-0.3, -0.25) is 9.78 Å². The summed E-state index contributed by atoms with van der Waals surface area (Å²) < 4.78 is 13.5. The third-order valence-corrected chi connectivity index (χ3v) is 3.50. The first-order valence-corrected chi connectivity index (χ1v) is 6.53. The van der Waals surface area contributed by atoms with Crippen LogP contribution in [0.2, 0.25) is 0 Å². The van der Waals surface area contributed by atoms with Crippen LogP contribution >= 0.6 is 0 Å². The molecule has 1 amide bonds. The highest BCUT2D eigenvalue weighted by Gasteiger charge is 2.20. The van der Waals surface area contributed by atoms with Crippen molar-refractivity contribution in [3.05, 3.63) is 46.0 Å². The minimum Gasteiger partial charge on any atom is -0.361 e. The predicted molar refractivity (Wildman–Crippen MR) is 71.1 cm³/mol. The number of aryl methyl sites for hydroxylation is 2. The standard InChI is InChI=1S/C14H15FN4O/c1-7-12(19-13(15)8(2)17-7)6-9-5-10-11(18-9)3-4-16-14(10)20/h5,18H,3-4,6H2,1-2H3,(H,16,20). The van der Waals surface area contributed by atoms with E-state index in [2.05, 4.69) is 20.3 Å². The van der Waals surface area contributed by atoms with Crippen molar-refractivity contribution in [3.8, 4) is 0 Å². The van der Waals surface area contributed by atoms with E-state index < -0.39 is 5.95 Å². The highest BCUT2D eigenvalue weighted by Crippen LogP contribution is 2.18. The van der Waals surface area contributed by atoms with E-state index in [1.165, 1.54) is 0 Å². The monoisotopic (exact) mass is 274 g/mol. The first-order valence-electron chi connectivity index (χ1n) is 6.53. The molecule has 0 saturated carbocycles. The fraction of sp³-hybridized carbons (Fsp3) is 0.357. The van der Waals surface area contributed by atoms with Crippen LogP contribution in [-0.2, 0) is 12.8 Å². The van der Waals surface area contributed by atoms with Crippen LogP contribution in [0, 0.1) is 19.8 Å². The average Bonchev–Trinajstić information content (AvgIpc) is 2.80. The predicted octanol–water partition coefficient (Wildman–Crippen LogP) is 1.44. The molecule has 0 unspecified atom stereocenters. The van der Waals surface area contributed by atoms with Crippen LogP contribution in [-0.4, -0.2) is 27.4 Å². The van der Waals surface area contributed by atoms with Crippen molar-refractivity contribution in [1.29, 1.82) is 0 Å². The maximum Gasteiger partial charge on any atom is 0.253 e. The lowest BCUT2D eigenvalue weighted by Gasteiger charge is -2.11. The fourth-order valence-corrected chi connectivity index (χ4v) is 2.44. The molecule has 3 rings (SSSR count). The zero-order valence-electron chi connectivity index (χ0n) is 11.4. The van der Waals surface area contributed by atoms with Crippen LogP contribution in [0.15, 0.2) is 6.07 Å². The largest absolute Gasteiger partial charge is 0.361 e. The summed E-state index contributed by atoms with van der Waals surface area (Å²) in [5, 5.41) is 2.80. The Kier molecular flexibility index (Phi) is 3.00. The van der Waals surface area contributed by atoms with Gasteiger partial charge in [-0.25, -0.2) is 4.98 Å². The molecule has 0 aliphatic carbocycles. The number of fused-ring (bicyclic) bond motifs is 1. The van der Waals surface area contributed by atoms with Crippen molar-refractivity contribution in [2.45, 2.75) is 26.7 Å². The zero-order valence-corrected chi connectivity index (χ0v) is 11.4. The average molecular weight is 274 g/mol. The van der Waals surface area contributed by atoms with E-state index in [-0.39, 0.29) is 5.91 Å². The van der Waals surface area contributed by atoms with Gasteiger partial charge in [-0.1, -0.05) is 0 Å². The van der Waals surface area contributed by atoms with Gasteiger partial charge in [-0.2, -0.15) is 4.39 Å². The summed E-state index contributed by atoms with van der Waals surface area (Å²) in [4.78, 5) is 23.0. The van der Waals surface area contributed by atoms with E-state index in [4.69, 9.17) is 0 Å². The molecule has 1 aliphatic rings. The summed E-state index contributed by atoms with van der Waals surface area (Å²) in [6, 6.07) is 1.81. The van der Waals surface area contributed by atoms with Gasteiger partial charge in [0.1, 0.15) is 0 Å². The molecule has 0 fully saturated rings. The normalized spacial score (nSPS) is 14.1. The number of aromatic nitrogens is 3. The molecule has 3 heterocycles. The number of aromatic amines is 1. The number of amides is 1. The second-order valence-electron chi connectivity index (χ2n) is 5.00. The lowest BCUT2D eigenvalue weighted by atomic mass is 10.1. The van der Waals surface area contributed by atoms with Crippen LogP contribution in [0.3, 0.4) is 0 Å². The molecule has 1 aliphatic heterocycles. The van der Waals surface area contributed by atoms with Crippen LogP contribution in [0.4, 0.5) is 4.39 Å². The SMILES string of the molecule is Cc1nc(C)c(Cc2cc3c([nH]2)CCNC3=O)nc1F. The Bertz CT molecular complexity index is 693. The molecule has 0 bridgehead atoms. The molecule has 0 aromatic carbocycles. The fourth-order valence-electron chi connectivity index (χ4n) is 2.44. The molecule has 2 aromatic rings. The summed E-state index contributed by atoms with van der Waals surface area (Å²) in [6.07, 6.45) is 1.23. The Balaban J connectivity index is 1.92. The van der Waals surface area contributed by atoms with Gasteiger partial charge in [-0.15, -0.1) is 0 Å². The number of nitrogens with one attached hydrogen (secondary N) is 2. The van der Waals surface area contributed by atoms with Crippen LogP contribution < -0.4 is 5.32 Å². The van der Waals surface area contributed by atoms with Gasteiger partial charge < -0.3 is 10.3 Å². The molecule has 0 saturated heterocycles. The Morgan fingerprint density at radius 1 is 1.30 bits per heavy atom. The molecule has 0 radical (unpaired) electrons. The molecule has 0 atom stereocenters. The minimum absolute atomic E-state index is 0.0633. The van der Waals surface area contributed by atoms with Crippen molar-refractivity contribution >= 4 is 5.91 Å². The van der Waals surface area contributed by atoms with E-state index in [1.807, 2.05) is 13.0 Å². The lowest BCUT2D eigenvalue weighted by Crippen LogP contribution is -2.31. The third-order valence-electron chi connectivity index (χ3n) is 3.50. The van der Waals surface area contributed by atoms with Gasteiger partial charge in [0.05, 0.1) is 22.6 Å². The van der Waals surface area contributed by atoms with E-state index in [0.29, 0.717) is 35.6 Å².